The molecule has 0 saturated carbocycles. The summed E-state index contributed by atoms with van der Waals surface area (Å²) in [5, 5.41) is 0. The van der Waals surface area contributed by atoms with Crippen molar-refractivity contribution in [3.05, 3.63) is 66.2 Å². The van der Waals surface area contributed by atoms with Crippen LogP contribution in [0.5, 0.6) is 0 Å². The molecule has 0 bridgehead atoms. The van der Waals surface area contributed by atoms with Gasteiger partial charge in [0.15, 0.2) is 0 Å². The van der Waals surface area contributed by atoms with Crippen molar-refractivity contribution in [1.29, 1.82) is 0 Å². The number of para-hydroxylation sites is 1. The van der Waals surface area contributed by atoms with E-state index in [0.29, 0.717) is 0 Å². The van der Waals surface area contributed by atoms with Crippen LogP contribution in [-0.2, 0) is 10.2 Å². The van der Waals surface area contributed by atoms with E-state index in [9.17, 15) is 4.79 Å². The first-order chi connectivity index (χ1) is 9.59. The highest BCUT2D eigenvalue weighted by molar-refractivity contribution is 6.00. The van der Waals surface area contributed by atoms with E-state index in [-0.39, 0.29) is 5.91 Å². The maximum atomic E-state index is 12.9. The molecule has 0 fully saturated rings. The predicted molar refractivity (Wildman–Crippen MR) is 83.9 cm³/mol. The molecule has 2 rings (SSSR count). The van der Waals surface area contributed by atoms with Crippen LogP contribution in [-0.4, -0.2) is 13.0 Å². The van der Waals surface area contributed by atoms with E-state index in [1.807, 2.05) is 74.6 Å². The van der Waals surface area contributed by atoms with Gasteiger partial charge >= 0.3 is 0 Å². The minimum absolute atomic E-state index is 0.123. The molecule has 2 aromatic rings. The molecule has 2 heteroatoms. The van der Waals surface area contributed by atoms with Crippen molar-refractivity contribution < 1.29 is 4.79 Å². The summed E-state index contributed by atoms with van der Waals surface area (Å²) in [5.41, 5.74) is 1.50. The van der Waals surface area contributed by atoms with Crippen LogP contribution < -0.4 is 4.90 Å². The number of carbonyl (C=O) groups excluding carboxylic acids is 1. The Morgan fingerprint density at radius 3 is 2.00 bits per heavy atom. The molecule has 0 saturated heterocycles. The number of nitrogens with zero attached hydrogens (tertiary/aromatic N) is 1. The lowest BCUT2D eigenvalue weighted by Gasteiger charge is -2.32. The lowest BCUT2D eigenvalue weighted by atomic mass is 9.78. The first kappa shape index (κ1) is 14.3. The van der Waals surface area contributed by atoms with E-state index >= 15 is 0 Å². The maximum Gasteiger partial charge on any atom is 0.237 e. The Hall–Kier alpha value is -2.09. The molecule has 0 aliphatic rings. The van der Waals surface area contributed by atoms with Crippen LogP contribution in [0.15, 0.2) is 60.7 Å². The largest absolute Gasteiger partial charge is 0.315 e. The average molecular weight is 267 g/mol. The molecule has 0 heterocycles. The summed E-state index contributed by atoms with van der Waals surface area (Å²) in [4.78, 5) is 14.7. The van der Waals surface area contributed by atoms with Crippen LogP contribution in [0.25, 0.3) is 0 Å². The molecular formula is C18H21NO. The lowest BCUT2D eigenvalue weighted by molar-refractivity contribution is -0.123. The average Bonchev–Trinajstić information content (AvgIpc) is 2.54. The molecule has 0 aromatic heterocycles. The van der Waals surface area contributed by atoms with Crippen molar-refractivity contribution in [2.45, 2.75) is 25.7 Å². The molecule has 0 N–H and O–H groups in total. The number of hydrogen-bond donors (Lipinski definition) is 0. The number of rotatable bonds is 4. The van der Waals surface area contributed by atoms with Crippen molar-refractivity contribution in [3.8, 4) is 0 Å². The topological polar surface area (TPSA) is 20.3 Å². The fourth-order valence-corrected chi connectivity index (χ4v) is 2.42. The molecule has 1 amide bonds. The van der Waals surface area contributed by atoms with Gasteiger partial charge in [-0.25, -0.2) is 0 Å². The van der Waals surface area contributed by atoms with Gasteiger partial charge < -0.3 is 4.90 Å². The standard InChI is InChI=1S/C18H21NO/c1-4-18(2,15-11-7-5-8-12-15)17(20)19(3)16-13-9-6-10-14-16/h5-14H,4H2,1-3H3/t18-/m1/s1. The number of carbonyl (C=O) groups is 1. The Morgan fingerprint density at radius 1 is 1.00 bits per heavy atom. The first-order valence-corrected chi connectivity index (χ1v) is 6.98. The van der Waals surface area contributed by atoms with E-state index < -0.39 is 5.41 Å². The van der Waals surface area contributed by atoms with Gasteiger partial charge in [-0.15, -0.1) is 0 Å². The molecule has 104 valence electrons. The number of anilines is 1. The maximum absolute atomic E-state index is 12.9. The Bertz CT molecular complexity index is 564. The second-order valence-electron chi connectivity index (χ2n) is 5.25. The summed E-state index contributed by atoms with van der Waals surface area (Å²) in [6.45, 7) is 4.08. The molecule has 0 aliphatic carbocycles. The minimum Gasteiger partial charge on any atom is -0.315 e. The molecule has 20 heavy (non-hydrogen) atoms. The van der Waals surface area contributed by atoms with Gasteiger partial charge in [0.2, 0.25) is 5.91 Å². The minimum atomic E-state index is -0.494. The van der Waals surface area contributed by atoms with E-state index in [1.165, 1.54) is 0 Å². The number of benzene rings is 2. The van der Waals surface area contributed by atoms with Gasteiger partial charge in [0.1, 0.15) is 0 Å². The Labute approximate surface area is 121 Å². The van der Waals surface area contributed by atoms with Crippen molar-refractivity contribution in [2.75, 3.05) is 11.9 Å². The summed E-state index contributed by atoms with van der Waals surface area (Å²) >= 11 is 0. The van der Waals surface area contributed by atoms with Gasteiger partial charge in [0.05, 0.1) is 5.41 Å². The third-order valence-electron chi connectivity index (χ3n) is 4.04. The highest BCUT2D eigenvalue weighted by Gasteiger charge is 2.35. The summed E-state index contributed by atoms with van der Waals surface area (Å²) in [6, 6.07) is 19.8. The fourth-order valence-electron chi connectivity index (χ4n) is 2.42. The van der Waals surface area contributed by atoms with Crippen LogP contribution in [0, 0.1) is 0 Å². The quantitative estimate of drug-likeness (QED) is 0.819. The Balaban J connectivity index is 2.35. The second kappa shape index (κ2) is 5.91. The van der Waals surface area contributed by atoms with E-state index in [1.54, 1.807) is 4.90 Å². The van der Waals surface area contributed by atoms with Gasteiger partial charge in [-0.1, -0.05) is 55.5 Å². The zero-order valence-corrected chi connectivity index (χ0v) is 12.3. The monoisotopic (exact) mass is 267 g/mol. The van der Waals surface area contributed by atoms with Crippen LogP contribution in [0.2, 0.25) is 0 Å². The number of likely N-dealkylation sites (N-methyl/N-ethyl adjacent to an activating group) is 1. The molecule has 2 aromatic carbocycles. The van der Waals surface area contributed by atoms with E-state index in [0.717, 1.165) is 17.7 Å². The van der Waals surface area contributed by atoms with Crippen molar-refractivity contribution in [2.24, 2.45) is 0 Å². The highest BCUT2D eigenvalue weighted by Crippen LogP contribution is 2.31. The third-order valence-corrected chi connectivity index (χ3v) is 4.04. The van der Waals surface area contributed by atoms with Gasteiger partial charge in [-0.2, -0.15) is 0 Å². The van der Waals surface area contributed by atoms with Gasteiger partial charge in [-0.3, -0.25) is 4.79 Å². The fraction of sp³-hybridized carbons (Fsp3) is 0.278. The Morgan fingerprint density at radius 2 is 1.50 bits per heavy atom. The molecule has 0 unspecified atom stereocenters. The zero-order valence-electron chi connectivity index (χ0n) is 12.3. The normalized spacial score (nSPS) is 13.6. The van der Waals surface area contributed by atoms with Crippen molar-refractivity contribution in [3.63, 3.8) is 0 Å². The van der Waals surface area contributed by atoms with Crippen LogP contribution in [0.3, 0.4) is 0 Å². The van der Waals surface area contributed by atoms with Crippen LogP contribution in [0.4, 0.5) is 5.69 Å². The summed E-state index contributed by atoms with van der Waals surface area (Å²) in [6.07, 6.45) is 0.771. The second-order valence-corrected chi connectivity index (χ2v) is 5.25. The van der Waals surface area contributed by atoms with Crippen molar-refractivity contribution >= 4 is 11.6 Å². The molecule has 0 spiro atoms. The van der Waals surface area contributed by atoms with Crippen molar-refractivity contribution in [1.82, 2.24) is 0 Å². The molecule has 0 aliphatic heterocycles. The third kappa shape index (κ3) is 2.60. The number of amides is 1. The van der Waals surface area contributed by atoms with Gasteiger partial charge in [0, 0.05) is 12.7 Å². The van der Waals surface area contributed by atoms with Crippen LogP contribution in [0.1, 0.15) is 25.8 Å². The Kier molecular flexibility index (Phi) is 4.23. The van der Waals surface area contributed by atoms with E-state index in [4.69, 9.17) is 0 Å². The summed E-state index contributed by atoms with van der Waals surface area (Å²) < 4.78 is 0. The molecule has 0 radical (unpaired) electrons. The van der Waals surface area contributed by atoms with Crippen LogP contribution >= 0.6 is 0 Å². The van der Waals surface area contributed by atoms with E-state index in [2.05, 4.69) is 6.92 Å². The van der Waals surface area contributed by atoms with Gasteiger partial charge in [0.25, 0.3) is 0 Å². The first-order valence-electron chi connectivity index (χ1n) is 6.98. The molecule has 2 nitrogen and oxygen atoms in total. The smallest absolute Gasteiger partial charge is 0.237 e. The highest BCUT2D eigenvalue weighted by atomic mass is 16.2. The lowest BCUT2D eigenvalue weighted by Crippen LogP contribution is -2.43. The van der Waals surface area contributed by atoms with Gasteiger partial charge in [-0.05, 0) is 31.0 Å². The predicted octanol–water partition coefficient (Wildman–Crippen LogP) is 4.02. The zero-order chi connectivity index (χ0) is 14.6. The SMILES string of the molecule is CC[C@@](C)(C(=O)N(C)c1ccccc1)c1ccccc1. The summed E-state index contributed by atoms with van der Waals surface area (Å²) in [7, 11) is 1.84. The molecular weight excluding hydrogens is 246 g/mol. The number of hydrogen-bond acceptors (Lipinski definition) is 1. The molecule has 1 atom stereocenters. The summed E-state index contributed by atoms with van der Waals surface area (Å²) in [5.74, 6) is 0.123.